The summed E-state index contributed by atoms with van der Waals surface area (Å²) in [5, 5.41) is 6.15. The van der Waals surface area contributed by atoms with Gasteiger partial charge in [-0.15, -0.1) is 11.3 Å². The number of piperazine rings is 1. The summed E-state index contributed by atoms with van der Waals surface area (Å²) in [4.78, 5) is 3.62. The fourth-order valence-corrected chi connectivity index (χ4v) is 5.23. The van der Waals surface area contributed by atoms with Crippen molar-refractivity contribution in [2.24, 2.45) is 0 Å². The molecule has 0 bridgehead atoms. The Labute approximate surface area is 163 Å². The topological polar surface area (TPSA) is 66.7 Å². The SMILES string of the molecule is Cc1ccc(S(=O)(=O)N2CCN(Cc3cc(-c4cccs4)on3)CC2)cc1. The van der Waals surface area contributed by atoms with E-state index < -0.39 is 10.0 Å². The highest BCUT2D eigenvalue weighted by molar-refractivity contribution is 7.89. The number of hydrogen-bond acceptors (Lipinski definition) is 6. The van der Waals surface area contributed by atoms with Gasteiger partial charge in [0, 0.05) is 38.8 Å². The van der Waals surface area contributed by atoms with Crippen molar-refractivity contribution in [3.05, 3.63) is 59.1 Å². The van der Waals surface area contributed by atoms with E-state index in [1.165, 1.54) is 0 Å². The Morgan fingerprint density at radius 3 is 2.52 bits per heavy atom. The van der Waals surface area contributed by atoms with E-state index in [1.807, 2.05) is 42.6 Å². The van der Waals surface area contributed by atoms with Crippen LogP contribution in [0.1, 0.15) is 11.3 Å². The molecule has 1 aliphatic rings. The molecule has 0 amide bonds. The van der Waals surface area contributed by atoms with Crippen LogP contribution in [-0.4, -0.2) is 49.0 Å². The molecule has 8 heteroatoms. The highest BCUT2D eigenvalue weighted by Gasteiger charge is 2.28. The first-order chi connectivity index (χ1) is 13.0. The molecule has 1 aliphatic heterocycles. The molecule has 4 rings (SSSR count). The van der Waals surface area contributed by atoms with Crippen LogP contribution in [0.4, 0.5) is 0 Å². The Bertz CT molecular complexity index is 987. The van der Waals surface area contributed by atoms with Gasteiger partial charge in [0.1, 0.15) is 0 Å². The molecule has 1 saturated heterocycles. The summed E-state index contributed by atoms with van der Waals surface area (Å²) >= 11 is 1.62. The lowest BCUT2D eigenvalue weighted by Gasteiger charge is -2.33. The molecule has 0 spiro atoms. The smallest absolute Gasteiger partial charge is 0.243 e. The number of aryl methyl sites for hydroxylation is 1. The molecule has 1 aromatic carbocycles. The quantitative estimate of drug-likeness (QED) is 0.654. The highest BCUT2D eigenvalue weighted by Crippen LogP contribution is 2.26. The van der Waals surface area contributed by atoms with Gasteiger partial charge in [0.15, 0.2) is 5.76 Å². The average molecular weight is 404 g/mol. The normalized spacial score (nSPS) is 16.6. The van der Waals surface area contributed by atoms with Crippen LogP contribution in [0.2, 0.25) is 0 Å². The molecular formula is C19H21N3O3S2. The number of rotatable bonds is 5. The minimum Gasteiger partial charge on any atom is -0.355 e. The van der Waals surface area contributed by atoms with Gasteiger partial charge in [-0.1, -0.05) is 28.9 Å². The maximum absolute atomic E-state index is 12.8. The van der Waals surface area contributed by atoms with E-state index in [0.717, 1.165) is 21.9 Å². The van der Waals surface area contributed by atoms with Gasteiger partial charge in [-0.05, 0) is 30.5 Å². The lowest BCUT2D eigenvalue weighted by atomic mass is 10.2. The number of hydrogen-bond donors (Lipinski definition) is 0. The van der Waals surface area contributed by atoms with Crippen LogP contribution < -0.4 is 0 Å². The zero-order valence-corrected chi connectivity index (χ0v) is 16.7. The Balaban J connectivity index is 1.37. The lowest BCUT2D eigenvalue weighted by Crippen LogP contribution is -2.48. The molecule has 3 heterocycles. The van der Waals surface area contributed by atoms with E-state index in [1.54, 1.807) is 27.8 Å². The molecule has 0 saturated carbocycles. The van der Waals surface area contributed by atoms with Crippen molar-refractivity contribution in [3.63, 3.8) is 0 Å². The van der Waals surface area contributed by atoms with Crippen LogP contribution >= 0.6 is 11.3 Å². The van der Waals surface area contributed by atoms with Crippen molar-refractivity contribution >= 4 is 21.4 Å². The average Bonchev–Trinajstić information content (AvgIpc) is 3.34. The van der Waals surface area contributed by atoms with Gasteiger partial charge in [0.2, 0.25) is 10.0 Å². The molecule has 1 fully saturated rings. The van der Waals surface area contributed by atoms with Crippen LogP contribution in [0.3, 0.4) is 0 Å². The van der Waals surface area contributed by atoms with Crippen molar-refractivity contribution in [2.45, 2.75) is 18.4 Å². The van der Waals surface area contributed by atoms with Crippen LogP contribution in [0, 0.1) is 6.92 Å². The van der Waals surface area contributed by atoms with Crippen LogP contribution in [0.5, 0.6) is 0 Å². The van der Waals surface area contributed by atoms with Crippen molar-refractivity contribution in [1.29, 1.82) is 0 Å². The van der Waals surface area contributed by atoms with Gasteiger partial charge in [0.05, 0.1) is 15.5 Å². The summed E-state index contributed by atoms with van der Waals surface area (Å²) in [5.74, 6) is 0.778. The molecular weight excluding hydrogens is 382 g/mol. The van der Waals surface area contributed by atoms with Gasteiger partial charge in [0.25, 0.3) is 0 Å². The maximum atomic E-state index is 12.8. The predicted octanol–water partition coefficient (Wildman–Crippen LogP) is 3.22. The van der Waals surface area contributed by atoms with Crippen molar-refractivity contribution < 1.29 is 12.9 Å². The Morgan fingerprint density at radius 1 is 1.11 bits per heavy atom. The molecule has 27 heavy (non-hydrogen) atoms. The second kappa shape index (κ2) is 7.55. The van der Waals surface area contributed by atoms with Crippen molar-refractivity contribution in [3.8, 4) is 10.6 Å². The molecule has 142 valence electrons. The Morgan fingerprint density at radius 2 is 1.85 bits per heavy atom. The van der Waals surface area contributed by atoms with E-state index in [2.05, 4.69) is 10.1 Å². The van der Waals surface area contributed by atoms with Crippen LogP contribution in [0.25, 0.3) is 10.6 Å². The maximum Gasteiger partial charge on any atom is 0.243 e. The van der Waals surface area contributed by atoms with Crippen molar-refractivity contribution in [2.75, 3.05) is 26.2 Å². The van der Waals surface area contributed by atoms with Gasteiger partial charge in [-0.2, -0.15) is 4.31 Å². The summed E-state index contributed by atoms with van der Waals surface area (Å²) in [6.07, 6.45) is 0. The standard InChI is InChI=1S/C19H21N3O3S2/c1-15-4-6-17(7-5-15)27(23,24)22-10-8-21(9-11-22)14-16-13-18(25-20-16)19-3-2-12-26-19/h2-7,12-13H,8-11,14H2,1H3. The third-order valence-corrected chi connectivity index (χ3v) is 7.50. The van der Waals surface area contributed by atoms with E-state index in [4.69, 9.17) is 4.52 Å². The second-order valence-corrected chi connectivity index (χ2v) is 9.54. The Hall–Kier alpha value is -2.00. The molecule has 2 aromatic heterocycles. The van der Waals surface area contributed by atoms with E-state index >= 15 is 0 Å². The van der Waals surface area contributed by atoms with Crippen LogP contribution in [0.15, 0.2) is 57.3 Å². The minimum atomic E-state index is -3.43. The lowest BCUT2D eigenvalue weighted by molar-refractivity contribution is 0.178. The molecule has 0 radical (unpaired) electrons. The summed E-state index contributed by atoms with van der Waals surface area (Å²) in [6, 6.07) is 13.0. The third-order valence-electron chi connectivity index (χ3n) is 4.70. The van der Waals surface area contributed by atoms with Gasteiger partial charge in [-0.25, -0.2) is 8.42 Å². The molecule has 3 aromatic rings. The Kier molecular flexibility index (Phi) is 5.14. The second-order valence-electron chi connectivity index (χ2n) is 6.65. The fourth-order valence-electron chi connectivity index (χ4n) is 3.14. The van der Waals surface area contributed by atoms with Crippen molar-refractivity contribution in [1.82, 2.24) is 14.4 Å². The zero-order valence-electron chi connectivity index (χ0n) is 15.0. The predicted molar refractivity (Wildman–Crippen MR) is 105 cm³/mol. The first kappa shape index (κ1) is 18.4. The van der Waals surface area contributed by atoms with E-state index in [0.29, 0.717) is 37.6 Å². The third kappa shape index (κ3) is 3.98. The molecule has 6 nitrogen and oxygen atoms in total. The molecule has 0 N–H and O–H groups in total. The number of benzene rings is 1. The first-order valence-electron chi connectivity index (χ1n) is 8.81. The number of aromatic nitrogens is 1. The van der Waals surface area contributed by atoms with Gasteiger partial charge >= 0.3 is 0 Å². The molecule has 0 aliphatic carbocycles. The van der Waals surface area contributed by atoms with Gasteiger partial charge < -0.3 is 4.52 Å². The van der Waals surface area contributed by atoms with E-state index in [-0.39, 0.29) is 0 Å². The molecule has 0 unspecified atom stereocenters. The summed E-state index contributed by atoms with van der Waals surface area (Å²) in [5.41, 5.74) is 1.92. The number of sulfonamides is 1. The monoisotopic (exact) mass is 403 g/mol. The first-order valence-corrected chi connectivity index (χ1v) is 11.1. The molecule has 0 atom stereocenters. The number of thiophene rings is 1. The van der Waals surface area contributed by atoms with Gasteiger partial charge in [-0.3, -0.25) is 4.90 Å². The largest absolute Gasteiger partial charge is 0.355 e. The summed E-state index contributed by atoms with van der Waals surface area (Å²) in [6.45, 7) is 4.91. The fraction of sp³-hybridized carbons (Fsp3) is 0.316. The number of nitrogens with zero attached hydrogens (tertiary/aromatic N) is 3. The highest BCUT2D eigenvalue weighted by atomic mass is 32.2. The van der Waals surface area contributed by atoms with Crippen LogP contribution in [-0.2, 0) is 16.6 Å². The summed E-state index contributed by atoms with van der Waals surface area (Å²) < 4.78 is 32.5. The van der Waals surface area contributed by atoms with E-state index in [9.17, 15) is 8.42 Å². The zero-order chi connectivity index (χ0) is 18.9. The summed E-state index contributed by atoms with van der Waals surface area (Å²) in [7, 11) is -3.43. The minimum absolute atomic E-state index is 0.360.